The number of thiocarbonyl (C=S) groups is 1. The third-order valence-corrected chi connectivity index (χ3v) is 3.17. The molecule has 0 aromatic heterocycles. The van der Waals surface area contributed by atoms with Crippen LogP contribution in [-0.2, 0) is 4.79 Å². The van der Waals surface area contributed by atoms with Crippen LogP contribution in [0.1, 0.15) is 24.2 Å². The van der Waals surface area contributed by atoms with Crippen LogP contribution in [0.15, 0.2) is 24.3 Å². The van der Waals surface area contributed by atoms with Gasteiger partial charge in [0.25, 0.3) is 11.8 Å². The van der Waals surface area contributed by atoms with Gasteiger partial charge < -0.3 is 10.6 Å². The summed E-state index contributed by atoms with van der Waals surface area (Å²) < 4.78 is 12.9. The summed E-state index contributed by atoms with van der Waals surface area (Å²) in [5.41, 5.74) is 5.20. The molecular weight excluding hydrogens is 307 g/mol. The second-order valence-electron chi connectivity index (χ2n) is 4.90. The molecule has 6 nitrogen and oxygen atoms in total. The van der Waals surface area contributed by atoms with Crippen LogP contribution in [0.25, 0.3) is 0 Å². The first-order chi connectivity index (χ1) is 10.3. The van der Waals surface area contributed by atoms with Crippen LogP contribution in [0, 0.1) is 11.7 Å². The van der Waals surface area contributed by atoms with E-state index in [1.54, 1.807) is 20.9 Å². The van der Waals surface area contributed by atoms with E-state index in [-0.39, 0.29) is 16.6 Å². The number of hydrogen-bond acceptors (Lipinski definition) is 3. The molecule has 8 heteroatoms. The average molecular weight is 326 g/mol. The maximum Gasteiger partial charge on any atom is 0.261 e. The summed E-state index contributed by atoms with van der Waals surface area (Å²) >= 11 is 4.84. The van der Waals surface area contributed by atoms with Crippen molar-refractivity contribution >= 4 is 29.1 Å². The Hall–Kier alpha value is -2.22. The van der Waals surface area contributed by atoms with E-state index in [9.17, 15) is 14.0 Å². The fourth-order valence-corrected chi connectivity index (χ4v) is 1.67. The Labute approximate surface area is 133 Å². The summed E-state index contributed by atoms with van der Waals surface area (Å²) in [6.45, 7) is 3.59. The molecule has 0 radical (unpaired) electrons. The number of hydrazine groups is 1. The number of carbonyl (C=O) groups is 2. The van der Waals surface area contributed by atoms with Crippen molar-refractivity contribution < 1.29 is 14.0 Å². The van der Waals surface area contributed by atoms with E-state index in [2.05, 4.69) is 21.5 Å². The summed E-state index contributed by atoms with van der Waals surface area (Å²) in [5, 5.41) is 5.51. The van der Waals surface area contributed by atoms with Gasteiger partial charge in [0.15, 0.2) is 5.11 Å². The Kier molecular flexibility index (Phi) is 6.71. The molecule has 0 aliphatic heterocycles. The van der Waals surface area contributed by atoms with Crippen LogP contribution in [0.3, 0.4) is 0 Å². The van der Waals surface area contributed by atoms with Gasteiger partial charge in [-0.25, -0.2) is 4.39 Å². The Morgan fingerprint density at radius 2 is 1.73 bits per heavy atom. The van der Waals surface area contributed by atoms with Gasteiger partial charge >= 0.3 is 0 Å². The van der Waals surface area contributed by atoms with Gasteiger partial charge in [-0.05, 0) is 42.4 Å². The number of carbonyl (C=O) groups excluding carboxylic acids is 2. The average Bonchev–Trinajstić information content (AvgIpc) is 2.49. The molecule has 0 aliphatic carbocycles. The summed E-state index contributed by atoms with van der Waals surface area (Å²) in [4.78, 5) is 24.2. The van der Waals surface area contributed by atoms with Crippen molar-refractivity contribution in [2.75, 3.05) is 7.05 Å². The minimum Gasteiger partial charge on any atom is -0.364 e. The van der Waals surface area contributed by atoms with Gasteiger partial charge in [-0.15, -0.1) is 0 Å². The normalized spacial score (nSPS) is 11.5. The highest BCUT2D eigenvalue weighted by Gasteiger charge is 2.24. The Balaban J connectivity index is 2.71. The molecule has 1 atom stereocenters. The lowest BCUT2D eigenvalue weighted by Gasteiger charge is -2.22. The van der Waals surface area contributed by atoms with Crippen molar-refractivity contribution in [1.82, 2.24) is 21.5 Å². The van der Waals surface area contributed by atoms with Gasteiger partial charge in [-0.2, -0.15) is 0 Å². The van der Waals surface area contributed by atoms with E-state index in [0.717, 1.165) is 0 Å². The first-order valence-electron chi connectivity index (χ1n) is 6.69. The third kappa shape index (κ3) is 5.28. The molecule has 0 fully saturated rings. The molecule has 0 spiro atoms. The van der Waals surface area contributed by atoms with Gasteiger partial charge in [0.1, 0.15) is 11.9 Å². The lowest BCUT2D eigenvalue weighted by molar-refractivity contribution is -0.124. The standard InChI is InChI=1S/C14H19FN4O2S/c1-8(2)11(13(21)18-19-14(22)16-3)17-12(20)9-4-6-10(15)7-5-9/h4-8,11H,1-3H3,(H,17,20)(H,18,21)(H2,16,19,22). The third-order valence-electron chi connectivity index (χ3n) is 2.87. The minimum absolute atomic E-state index is 0.144. The highest BCUT2D eigenvalue weighted by molar-refractivity contribution is 7.80. The fourth-order valence-electron chi connectivity index (χ4n) is 1.62. The van der Waals surface area contributed by atoms with Crippen LogP contribution >= 0.6 is 12.2 Å². The molecule has 0 saturated heterocycles. The molecule has 1 rings (SSSR count). The zero-order valence-corrected chi connectivity index (χ0v) is 13.4. The largest absolute Gasteiger partial charge is 0.364 e. The Bertz CT molecular complexity index is 548. The molecule has 1 aromatic rings. The summed E-state index contributed by atoms with van der Waals surface area (Å²) in [6.07, 6.45) is 0. The number of amides is 2. The topological polar surface area (TPSA) is 82.3 Å². The van der Waals surface area contributed by atoms with Gasteiger partial charge in [-0.3, -0.25) is 20.4 Å². The molecule has 120 valence electrons. The molecule has 1 aromatic carbocycles. The minimum atomic E-state index is -0.760. The molecule has 1 unspecified atom stereocenters. The van der Waals surface area contributed by atoms with E-state index in [1.165, 1.54) is 24.3 Å². The van der Waals surface area contributed by atoms with E-state index in [4.69, 9.17) is 12.2 Å². The number of nitrogens with one attached hydrogen (secondary N) is 4. The number of benzene rings is 1. The molecule has 2 amide bonds. The van der Waals surface area contributed by atoms with Crippen molar-refractivity contribution in [3.63, 3.8) is 0 Å². The maximum atomic E-state index is 12.9. The second kappa shape index (κ2) is 8.28. The monoisotopic (exact) mass is 326 g/mol. The fraction of sp³-hybridized carbons (Fsp3) is 0.357. The van der Waals surface area contributed by atoms with Crippen LogP contribution in [0.4, 0.5) is 4.39 Å². The van der Waals surface area contributed by atoms with E-state index < -0.39 is 23.7 Å². The first-order valence-corrected chi connectivity index (χ1v) is 7.10. The smallest absolute Gasteiger partial charge is 0.261 e. The summed E-state index contributed by atoms with van der Waals surface area (Å²) in [7, 11) is 1.61. The molecule has 0 saturated carbocycles. The molecule has 4 N–H and O–H groups in total. The van der Waals surface area contributed by atoms with Crippen LogP contribution < -0.4 is 21.5 Å². The molecule has 22 heavy (non-hydrogen) atoms. The Morgan fingerprint density at radius 1 is 1.14 bits per heavy atom. The predicted octanol–water partition coefficient (Wildman–Crippen LogP) is 0.705. The van der Waals surface area contributed by atoms with Crippen molar-refractivity contribution in [2.24, 2.45) is 5.92 Å². The van der Waals surface area contributed by atoms with Crippen LogP contribution in [-0.4, -0.2) is 30.0 Å². The van der Waals surface area contributed by atoms with Gasteiger partial charge in [0, 0.05) is 12.6 Å². The number of halogens is 1. The van der Waals surface area contributed by atoms with Crippen molar-refractivity contribution in [3.05, 3.63) is 35.6 Å². The van der Waals surface area contributed by atoms with E-state index >= 15 is 0 Å². The van der Waals surface area contributed by atoms with E-state index in [1.807, 2.05) is 0 Å². The Morgan fingerprint density at radius 3 is 2.23 bits per heavy atom. The lowest BCUT2D eigenvalue weighted by atomic mass is 10.0. The van der Waals surface area contributed by atoms with Crippen molar-refractivity contribution in [3.8, 4) is 0 Å². The predicted molar refractivity (Wildman–Crippen MR) is 85.4 cm³/mol. The highest BCUT2D eigenvalue weighted by Crippen LogP contribution is 2.06. The molecule has 0 heterocycles. The van der Waals surface area contributed by atoms with Crippen molar-refractivity contribution in [1.29, 1.82) is 0 Å². The lowest BCUT2D eigenvalue weighted by Crippen LogP contribution is -2.55. The molecule has 0 bridgehead atoms. The van der Waals surface area contributed by atoms with E-state index in [0.29, 0.717) is 0 Å². The SMILES string of the molecule is CNC(=S)NNC(=O)C(NC(=O)c1ccc(F)cc1)C(C)C. The van der Waals surface area contributed by atoms with Gasteiger partial charge in [0.05, 0.1) is 0 Å². The number of hydrogen-bond donors (Lipinski definition) is 4. The summed E-state index contributed by atoms with van der Waals surface area (Å²) in [5.74, 6) is -1.46. The van der Waals surface area contributed by atoms with Gasteiger partial charge in [0.2, 0.25) is 0 Å². The zero-order valence-electron chi connectivity index (χ0n) is 12.6. The van der Waals surface area contributed by atoms with Crippen molar-refractivity contribution in [2.45, 2.75) is 19.9 Å². The van der Waals surface area contributed by atoms with Crippen LogP contribution in [0.5, 0.6) is 0 Å². The first kappa shape index (κ1) is 17.8. The quantitative estimate of drug-likeness (QED) is 0.484. The summed E-state index contributed by atoms with van der Waals surface area (Å²) in [6, 6.07) is 4.33. The van der Waals surface area contributed by atoms with Gasteiger partial charge in [-0.1, -0.05) is 13.8 Å². The number of rotatable bonds is 4. The highest BCUT2D eigenvalue weighted by atomic mass is 32.1. The molecular formula is C14H19FN4O2S. The molecule has 0 aliphatic rings. The maximum absolute atomic E-state index is 12.9. The van der Waals surface area contributed by atoms with Crippen LogP contribution in [0.2, 0.25) is 0 Å². The zero-order chi connectivity index (χ0) is 16.7. The second-order valence-corrected chi connectivity index (χ2v) is 5.30.